The molecule has 0 atom stereocenters. The molecule has 2 aromatic carbocycles. The van der Waals surface area contributed by atoms with Crippen molar-refractivity contribution in [2.45, 2.75) is 25.9 Å². The normalized spacial score (nSPS) is 13.1. The number of ether oxygens (including phenoxy) is 1. The molecule has 1 aromatic heterocycles. The van der Waals surface area contributed by atoms with Gasteiger partial charge in [-0.1, -0.05) is 36.4 Å². The smallest absolute Gasteiger partial charge is 0.239 e. The van der Waals surface area contributed by atoms with E-state index in [-0.39, 0.29) is 5.91 Å². The zero-order chi connectivity index (χ0) is 20.1. The Bertz CT molecular complexity index is 955. The Hall–Kier alpha value is -3.28. The van der Waals surface area contributed by atoms with Gasteiger partial charge in [-0.25, -0.2) is 0 Å². The fourth-order valence-corrected chi connectivity index (χ4v) is 3.90. The maximum Gasteiger partial charge on any atom is 0.239 e. The fourth-order valence-electron chi connectivity index (χ4n) is 3.90. The molecule has 0 aliphatic carbocycles. The molecule has 1 amide bonds. The minimum absolute atomic E-state index is 0.0117. The van der Waals surface area contributed by atoms with Crippen LogP contribution in [0, 0.1) is 0 Å². The molecule has 1 aliphatic heterocycles. The molecule has 0 spiro atoms. The van der Waals surface area contributed by atoms with Crippen LogP contribution >= 0.6 is 0 Å². The molecule has 1 aliphatic rings. The van der Waals surface area contributed by atoms with Gasteiger partial charge in [-0.15, -0.1) is 0 Å². The van der Waals surface area contributed by atoms with Crippen LogP contribution in [0.1, 0.15) is 23.1 Å². The van der Waals surface area contributed by atoms with Gasteiger partial charge in [0.05, 0.1) is 25.9 Å². The van der Waals surface area contributed by atoms with E-state index in [0.29, 0.717) is 19.6 Å². The van der Waals surface area contributed by atoms with Gasteiger partial charge in [-0.05, 0) is 41.7 Å². The lowest BCUT2D eigenvalue weighted by molar-refractivity contribution is -0.119. The Kier molecular flexibility index (Phi) is 5.79. The van der Waals surface area contributed by atoms with Gasteiger partial charge in [0.15, 0.2) is 0 Å². The van der Waals surface area contributed by atoms with Crippen LogP contribution < -0.4 is 15.0 Å². The first-order chi connectivity index (χ1) is 14.2. The zero-order valence-electron chi connectivity index (χ0n) is 16.7. The third-order valence-corrected chi connectivity index (χ3v) is 5.31. The second kappa shape index (κ2) is 8.82. The van der Waals surface area contributed by atoms with Gasteiger partial charge >= 0.3 is 0 Å². The van der Waals surface area contributed by atoms with Crippen molar-refractivity contribution in [2.24, 2.45) is 0 Å². The average molecular weight is 390 g/mol. The van der Waals surface area contributed by atoms with Gasteiger partial charge in [0.25, 0.3) is 0 Å². The number of amides is 1. The van der Waals surface area contributed by atoms with Crippen molar-refractivity contribution in [3.8, 4) is 5.75 Å². The van der Waals surface area contributed by atoms with E-state index in [9.17, 15) is 4.79 Å². The highest BCUT2D eigenvalue weighted by Crippen LogP contribution is 2.35. The molecule has 1 N–H and O–H groups in total. The molecule has 0 radical (unpaired) electrons. The first-order valence-corrected chi connectivity index (χ1v) is 9.96. The first kappa shape index (κ1) is 19.1. The lowest BCUT2D eigenvalue weighted by atomic mass is 10.0. The number of nitrogens with zero attached hydrogens (tertiary/aromatic N) is 3. The van der Waals surface area contributed by atoms with Crippen LogP contribution in [0.15, 0.2) is 60.9 Å². The maximum absolute atomic E-state index is 12.7. The number of hydrogen-bond acceptors (Lipinski definition) is 4. The average Bonchev–Trinajstić information content (AvgIpc) is 3.26. The van der Waals surface area contributed by atoms with Gasteiger partial charge in [-0.3, -0.25) is 9.48 Å². The second-order valence-corrected chi connectivity index (χ2v) is 7.24. The predicted molar refractivity (Wildman–Crippen MR) is 113 cm³/mol. The van der Waals surface area contributed by atoms with Crippen LogP contribution in [0.3, 0.4) is 0 Å². The quantitative estimate of drug-likeness (QED) is 0.674. The van der Waals surface area contributed by atoms with Crippen LogP contribution in [-0.4, -0.2) is 35.9 Å². The summed E-state index contributed by atoms with van der Waals surface area (Å²) >= 11 is 0. The van der Waals surface area contributed by atoms with Crippen LogP contribution in [0.2, 0.25) is 0 Å². The second-order valence-electron chi connectivity index (χ2n) is 7.24. The van der Waals surface area contributed by atoms with E-state index in [1.165, 1.54) is 5.56 Å². The SMILES string of the molecule is COc1cccc2c1N(CC(=O)NCc1ccccc1Cn1cccn1)CCC2. The van der Waals surface area contributed by atoms with Crippen molar-refractivity contribution < 1.29 is 9.53 Å². The van der Waals surface area contributed by atoms with E-state index in [1.807, 2.05) is 41.2 Å². The highest BCUT2D eigenvalue weighted by Gasteiger charge is 2.22. The number of methoxy groups -OCH3 is 1. The number of aryl methyl sites for hydroxylation is 1. The lowest BCUT2D eigenvalue weighted by Gasteiger charge is -2.32. The van der Waals surface area contributed by atoms with E-state index < -0.39 is 0 Å². The monoisotopic (exact) mass is 390 g/mol. The van der Waals surface area contributed by atoms with Gasteiger partial charge in [0, 0.05) is 25.5 Å². The number of fused-ring (bicyclic) bond motifs is 1. The van der Waals surface area contributed by atoms with Crippen LogP contribution in [0.5, 0.6) is 5.75 Å². The highest BCUT2D eigenvalue weighted by atomic mass is 16.5. The Labute approximate surface area is 171 Å². The number of carbonyl (C=O) groups is 1. The molecule has 150 valence electrons. The van der Waals surface area contributed by atoms with E-state index >= 15 is 0 Å². The summed E-state index contributed by atoms with van der Waals surface area (Å²) in [5.41, 5.74) is 4.55. The van der Waals surface area contributed by atoms with Crippen molar-refractivity contribution in [1.82, 2.24) is 15.1 Å². The minimum atomic E-state index is 0.0117. The molecule has 2 heterocycles. The third kappa shape index (κ3) is 4.42. The van der Waals surface area contributed by atoms with Crippen LogP contribution in [0.25, 0.3) is 0 Å². The number of hydrogen-bond donors (Lipinski definition) is 1. The van der Waals surface area contributed by atoms with Crippen molar-refractivity contribution in [3.63, 3.8) is 0 Å². The lowest BCUT2D eigenvalue weighted by Crippen LogP contribution is -2.39. The topological polar surface area (TPSA) is 59.4 Å². The molecule has 0 saturated carbocycles. The Morgan fingerprint density at radius 1 is 1.14 bits per heavy atom. The largest absolute Gasteiger partial charge is 0.495 e. The van der Waals surface area contributed by atoms with Gasteiger partial charge in [-0.2, -0.15) is 5.10 Å². The van der Waals surface area contributed by atoms with Gasteiger partial charge < -0.3 is 15.0 Å². The number of carbonyl (C=O) groups excluding carboxylic acids is 1. The summed E-state index contributed by atoms with van der Waals surface area (Å²) < 4.78 is 7.42. The molecular formula is C23H26N4O2. The standard InChI is InChI=1S/C23H26N4O2/c1-29-21-11-4-9-18-10-5-13-26(23(18)21)17-22(28)24-15-19-7-2-3-8-20(19)16-27-14-6-12-25-27/h2-4,6-9,11-12,14H,5,10,13,15-17H2,1H3,(H,24,28). The van der Waals surface area contributed by atoms with E-state index in [1.54, 1.807) is 13.3 Å². The Morgan fingerprint density at radius 2 is 2.00 bits per heavy atom. The number of aromatic nitrogens is 2. The summed E-state index contributed by atoms with van der Waals surface area (Å²) in [5, 5.41) is 7.36. The van der Waals surface area contributed by atoms with E-state index in [2.05, 4.69) is 33.5 Å². The summed E-state index contributed by atoms with van der Waals surface area (Å²) in [7, 11) is 1.68. The highest BCUT2D eigenvalue weighted by molar-refractivity contribution is 5.83. The fraction of sp³-hybridized carbons (Fsp3) is 0.304. The first-order valence-electron chi connectivity index (χ1n) is 9.96. The zero-order valence-corrected chi connectivity index (χ0v) is 16.7. The molecule has 6 nitrogen and oxygen atoms in total. The number of nitrogens with one attached hydrogen (secondary N) is 1. The third-order valence-electron chi connectivity index (χ3n) is 5.31. The van der Waals surface area contributed by atoms with Gasteiger partial charge in [0.2, 0.25) is 5.91 Å². The molecule has 4 rings (SSSR count). The van der Waals surface area contributed by atoms with Crippen LogP contribution in [-0.2, 0) is 24.3 Å². The Morgan fingerprint density at radius 3 is 2.79 bits per heavy atom. The Balaban J connectivity index is 1.41. The van der Waals surface area contributed by atoms with Crippen molar-refractivity contribution >= 4 is 11.6 Å². The van der Waals surface area contributed by atoms with Crippen molar-refractivity contribution in [3.05, 3.63) is 77.6 Å². The maximum atomic E-state index is 12.7. The van der Waals surface area contributed by atoms with Crippen molar-refractivity contribution in [1.29, 1.82) is 0 Å². The van der Waals surface area contributed by atoms with Crippen LogP contribution in [0.4, 0.5) is 5.69 Å². The number of rotatable bonds is 7. The van der Waals surface area contributed by atoms with Gasteiger partial charge in [0.1, 0.15) is 5.75 Å². The summed E-state index contributed by atoms with van der Waals surface area (Å²) in [6.45, 7) is 2.38. The van der Waals surface area contributed by atoms with E-state index in [4.69, 9.17) is 4.74 Å². The minimum Gasteiger partial charge on any atom is -0.495 e. The number of benzene rings is 2. The summed E-state index contributed by atoms with van der Waals surface area (Å²) in [6.07, 6.45) is 5.78. The summed E-state index contributed by atoms with van der Waals surface area (Å²) in [5.74, 6) is 0.845. The number of para-hydroxylation sites is 1. The molecule has 0 fully saturated rings. The summed E-state index contributed by atoms with van der Waals surface area (Å²) in [4.78, 5) is 14.8. The molecule has 6 heteroatoms. The number of anilines is 1. The molecular weight excluding hydrogens is 364 g/mol. The predicted octanol–water partition coefficient (Wildman–Crippen LogP) is 3.01. The molecule has 3 aromatic rings. The molecule has 0 unspecified atom stereocenters. The van der Waals surface area contributed by atoms with Crippen molar-refractivity contribution in [2.75, 3.05) is 25.1 Å². The molecule has 29 heavy (non-hydrogen) atoms. The van der Waals surface area contributed by atoms with E-state index in [0.717, 1.165) is 42.0 Å². The summed E-state index contributed by atoms with van der Waals surface area (Å²) in [6, 6.07) is 16.1. The molecule has 0 saturated heterocycles. The molecule has 0 bridgehead atoms.